The molecule has 1 amide bonds. The Hall–Kier alpha value is -2.49. The smallest absolute Gasteiger partial charge is 0.248 e. The first-order chi connectivity index (χ1) is 9.45. The van der Waals surface area contributed by atoms with Gasteiger partial charge in [-0.05, 0) is 54.8 Å². The lowest BCUT2D eigenvalue weighted by molar-refractivity contribution is 0.1000. The van der Waals surface area contributed by atoms with Gasteiger partial charge in [0.1, 0.15) is 18.1 Å². The van der Waals surface area contributed by atoms with E-state index in [1.807, 2.05) is 26.0 Å². The molecular formula is C16H17NO3. The second-order valence-electron chi connectivity index (χ2n) is 4.80. The van der Waals surface area contributed by atoms with Gasteiger partial charge in [0.15, 0.2) is 0 Å². The van der Waals surface area contributed by atoms with E-state index in [4.69, 9.17) is 10.5 Å². The highest BCUT2D eigenvalue weighted by molar-refractivity contribution is 5.93. The number of carbonyl (C=O) groups excluding carboxylic acids is 1. The van der Waals surface area contributed by atoms with Gasteiger partial charge >= 0.3 is 0 Å². The molecule has 0 aliphatic heterocycles. The third-order valence-electron chi connectivity index (χ3n) is 3.06. The quantitative estimate of drug-likeness (QED) is 0.898. The summed E-state index contributed by atoms with van der Waals surface area (Å²) in [4.78, 5) is 11.1. The van der Waals surface area contributed by atoms with Crippen LogP contribution in [0.2, 0.25) is 0 Å². The Morgan fingerprint density at radius 3 is 2.55 bits per heavy atom. The van der Waals surface area contributed by atoms with E-state index in [-0.39, 0.29) is 5.75 Å². The summed E-state index contributed by atoms with van der Waals surface area (Å²) >= 11 is 0. The largest absolute Gasteiger partial charge is 0.508 e. The molecule has 0 spiro atoms. The first-order valence-corrected chi connectivity index (χ1v) is 6.28. The van der Waals surface area contributed by atoms with Gasteiger partial charge < -0.3 is 15.6 Å². The lowest BCUT2D eigenvalue weighted by Crippen LogP contribution is -2.11. The van der Waals surface area contributed by atoms with E-state index in [9.17, 15) is 9.90 Å². The van der Waals surface area contributed by atoms with E-state index in [2.05, 4.69) is 0 Å². The number of rotatable bonds is 4. The topological polar surface area (TPSA) is 72.6 Å². The van der Waals surface area contributed by atoms with Crippen LogP contribution < -0.4 is 10.5 Å². The summed E-state index contributed by atoms with van der Waals surface area (Å²) in [6.45, 7) is 4.16. The van der Waals surface area contributed by atoms with Crippen molar-refractivity contribution < 1.29 is 14.6 Å². The fraction of sp³-hybridized carbons (Fsp3) is 0.188. The molecule has 2 aromatic carbocycles. The number of nitrogens with two attached hydrogens (primary N) is 1. The highest BCUT2D eigenvalue weighted by Crippen LogP contribution is 2.22. The average Bonchev–Trinajstić information content (AvgIpc) is 2.36. The molecule has 0 aliphatic rings. The fourth-order valence-electron chi connectivity index (χ4n) is 1.98. The Morgan fingerprint density at radius 1 is 1.20 bits per heavy atom. The lowest BCUT2D eigenvalue weighted by Gasteiger charge is -2.10. The van der Waals surface area contributed by atoms with Gasteiger partial charge in [-0.25, -0.2) is 0 Å². The second-order valence-corrected chi connectivity index (χ2v) is 4.80. The van der Waals surface area contributed by atoms with Crippen molar-refractivity contribution in [3.63, 3.8) is 0 Å². The number of benzene rings is 2. The van der Waals surface area contributed by atoms with Gasteiger partial charge in [0, 0.05) is 11.6 Å². The molecule has 0 aromatic heterocycles. The number of aromatic hydroxyl groups is 1. The molecule has 0 unspecified atom stereocenters. The first kappa shape index (κ1) is 13.9. The molecule has 0 saturated carbocycles. The monoisotopic (exact) mass is 271 g/mol. The predicted molar refractivity (Wildman–Crippen MR) is 76.9 cm³/mol. The van der Waals surface area contributed by atoms with Crippen LogP contribution in [0.25, 0.3) is 0 Å². The number of aryl methyl sites for hydroxylation is 2. The predicted octanol–water partition coefficient (Wildman–Crippen LogP) is 2.69. The highest BCUT2D eigenvalue weighted by atomic mass is 16.5. The van der Waals surface area contributed by atoms with Gasteiger partial charge in [0.05, 0.1) is 0 Å². The number of ether oxygens (including phenoxy) is 1. The molecule has 0 heterocycles. The lowest BCUT2D eigenvalue weighted by atomic mass is 10.1. The average molecular weight is 271 g/mol. The number of hydrogen-bond donors (Lipinski definition) is 2. The van der Waals surface area contributed by atoms with Gasteiger partial charge in [-0.2, -0.15) is 0 Å². The molecule has 2 rings (SSSR count). The maximum Gasteiger partial charge on any atom is 0.248 e. The Kier molecular flexibility index (Phi) is 3.94. The molecule has 0 fully saturated rings. The molecule has 2 aromatic rings. The molecule has 0 saturated heterocycles. The molecule has 0 aliphatic carbocycles. The number of carbonyl (C=O) groups is 1. The van der Waals surface area contributed by atoms with Gasteiger partial charge in [0.2, 0.25) is 5.91 Å². The van der Waals surface area contributed by atoms with E-state index < -0.39 is 5.91 Å². The molecule has 4 nitrogen and oxygen atoms in total. The van der Waals surface area contributed by atoms with Crippen LogP contribution in [-0.2, 0) is 6.61 Å². The highest BCUT2D eigenvalue weighted by Gasteiger charge is 2.05. The Bertz CT molecular complexity index is 630. The number of amides is 1. The van der Waals surface area contributed by atoms with Gasteiger partial charge in [-0.1, -0.05) is 6.07 Å². The minimum atomic E-state index is -0.441. The first-order valence-electron chi connectivity index (χ1n) is 6.28. The van der Waals surface area contributed by atoms with Gasteiger partial charge in [-0.3, -0.25) is 4.79 Å². The minimum Gasteiger partial charge on any atom is -0.508 e. The zero-order chi connectivity index (χ0) is 14.7. The van der Waals surface area contributed by atoms with E-state index in [1.165, 1.54) is 0 Å². The summed E-state index contributed by atoms with van der Waals surface area (Å²) in [5.41, 5.74) is 8.56. The van der Waals surface area contributed by atoms with E-state index in [0.717, 1.165) is 16.7 Å². The SMILES string of the molecule is Cc1cc(O)cc(OCc2ccc(C(N)=O)cc2C)c1. The van der Waals surface area contributed by atoms with Crippen molar-refractivity contribution >= 4 is 5.91 Å². The molecule has 3 N–H and O–H groups in total. The molecule has 0 radical (unpaired) electrons. The van der Waals surface area contributed by atoms with Crippen molar-refractivity contribution in [3.8, 4) is 11.5 Å². The van der Waals surface area contributed by atoms with Crippen LogP contribution in [-0.4, -0.2) is 11.0 Å². The van der Waals surface area contributed by atoms with Crippen molar-refractivity contribution in [3.05, 3.63) is 58.7 Å². The van der Waals surface area contributed by atoms with Crippen molar-refractivity contribution in [1.82, 2.24) is 0 Å². The van der Waals surface area contributed by atoms with E-state index in [1.54, 1.807) is 24.3 Å². The summed E-state index contributed by atoms with van der Waals surface area (Å²) in [5.74, 6) is 0.353. The van der Waals surface area contributed by atoms with Crippen molar-refractivity contribution in [2.24, 2.45) is 5.73 Å². The van der Waals surface area contributed by atoms with Gasteiger partial charge in [-0.15, -0.1) is 0 Å². The van der Waals surface area contributed by atoms with Crippen LogP contribution in [0.4, 0.5) is 0 Å². The van der Waals surface area contributed by atoms with Crippen LogP contribution in [0.3, 0.4) is 0 Å². The van der Waals surface area contributed by atoms with Crippen molar-refractivity contribution in [2.75, 3.05) is 0 Å². The number of phenolic OH excluding ortho intramolecular Hbond substituents is 1. The maximum absolute atomic E-state index is 11.1. The molecular weight excluding hydrogens is 254 g/mol. The third kappa shape index (κ3) is 3.29. The Morgan fingerprint density at radius 2 is 1.95 bits per heavy atom. The van der Waals surface area contributed by atoms with Crippen molar-refractivity contribution in [1.29, 1.82) is 0 Å². The van der Waals surface area contributed by atoms with Crippen molar-refractivity contribution in [2.45, 2.75) is 20.5 Å². The zero-order valence-corrected chi connectivity index (χ0v) is 11.5. The van der Waals surface area contributed by atoms with Crippen LogP contribution in [0, 0.1) is 13.8 Å². The van der Waals surface area contributed by atoms with Crippen LogP contribution >= 0.6 is 0 Å². The van der Waals surface area contributed by atoms with Crippen LogP contribution in [0.5, 0.6) is 11.5 Å². The van der Waals surface area contributed by atoms with Crippen LogP contribution in [0.15, 0.2) is 36.4 Å². The molecule has 0 bridgehead atoms. The summed E-state index contributed by atoms with van der Waals surface area (Å²) in [6.07, 6.45) is 0. The minimum absolute atomic E-state index is 0.181. The second kappa shape index (κ2) is 5.65. The third-order valence-corrected chi connectivity index (χ3v) is 3.06. The molecule has 4 heteroatoms. The number of phenols is 1. The standard InChI is InChI=1S/C16H17NO3/c1-10-5-14(18)8-15(6-10)20-9-13-4-3-12(16(17)19)7-11(13)2/h3-8,18H,9H2,1-2H3,(H2,17,19). The summed E-state index contributed by atoms with van der Waals surface area (Å²) in [7, 11) is 0. The normalized spacial score (nSPS) is 10.3. The maximum atomic E-state index is 11.1. The van der Waals surface area contributed by atoms with E-state index >= 15 is 0 Å². The van der Waals surface area contributed by atoms with Gasteiger partial charge in [0.25, 0.3) is 0 Å². The summed E-state index contributed by atoms with van der Waals surface area (Å²) in [5, 5.41) is 9.51. The van der Waals surface area contributed by atoms with Crippen LogP contribution in [0.1, 0.15) is 27.0 Å². The number of primary amides is 1. The van der Waals surface area contributed by atoms with E-state index in [0.29, 0.717) is 17.9 Å². The fourth-order valence-corrected chi connectivity index (χ4v) is 1.98. The zero-order valence-electron chi connectivity index (χ0n) is 11.5. The molecule has 20 heavy (non-hydrogen) atoms. The Balaban J connectivity index is 2.12. The molecule has 104 valence electrons. The summed E-state index contributed by atoms with van der Waals surface area (Å²) in [6, 6.07) is 10.3. The number of hydrogen-bond acceptors (Lipinski definition) is 3. The Labute approximate surface area is 117 Å². The molecule has 0 atom stereocenters. The summed E-state index contributed by atoms with van der Waals surface area (Å²) < 4.78 is 5.66.